The standard InChI is InChI=1S/C54H50Cl9N3O19/c1-21(67)79-43-37(19-77-42(29-9-8-25(55)12-30(29)57)39-33(60)15-27(74-5)16-34(39)61)83-53(50(82-24(4)70)46(43)80-22(2)68)85-48(51(64)72)47-45(76-7)49(81-23(3)69)52(84-47)65-11-10-38(71)66(54(65)73)20-78-44(40-31(58)13-26(56)14-32(40)59)41-35(62)17-28(75-6)18-36(41)63/h8-18,37,42-50,52-53H,19-20H2,1-7H3,(H2,64,72)/t37-,42?,43-,44?,45-,46+,47+,48-,49-,50+,52-,53-/m1/s1. The van der Waals surface area contributed by atoms with Gasteiger partial charge in [-0.05, 0) is 48.5 Å². The maximum absolute atomic E-state index is 14.7. The van der Waals surface area contributed by atoms with Crippen LogP contribution in [0.25, 0.3) is 0 Å². The number of carbonyl (C=O) groups excluding carboxylic acids is 5. The molecule has 2 fully saturated rings. The Hall–Kier alpha value is -5.12. The number of benzene rings is 4. The number of hydrogen-bond acceptors (Lipinski definition) is 19. The Labute approximate surface area is 529 Å². The van der Waals surface area contributed by atoms with Crippen LogP contribution >= 0.6 is 104 Å². The van der Waals surface area contributed by atoms with Crippen LogP contribution in [-0.2, 0) is 78.1 Å². The summed E-state index contributed by atoms with van der Waals surface area (Å²) in [6, 6.07) is 13.9. The molecule has 31 heteroatoms. The van der Waals surface area contributed by atoms with Crippen LogP contribution in [0, 0.1) is 0 Å². The monoisotopic (exact) mass is 1360 g/mol. The molecule has 2 aliphatic rings. The Morgan fingerprint density at radius 1 is 0.565 bits per heavy atom. The molecule has 0 radical (unpaired) electrons. The van der Waals surface area contributed by atoms with Crippen molar-refractivity contribution in [3.05, 3.63) is 155 Å². The van der Waals surface area contributed by atoms with Gasteiger partial charge in [0.15, 0.2) is 43.0 Å². The SMILES string of the molecule is COc1cc(Cl)c(C(OC[C@H]2O[C@H](O[C@@H](C(N)=O)[C@H]3O[C@@H](n4ccc(=O)n(COC(c5c(Cl)cc(Cl)cc5Cl)c5c(Cl)cc(OC)cc5Cl)c4=O)[C@H](OC(C)=O)[C@@H]3OC)[C@@H](OC(C)=O)[C@@H](OC(C)=O)[C@@H]2OC(C)=O)c2ccc(Cl)cc2Cl)c(Cl)c1. The molecule has 2 aliphatic heterocycles. The topological polar surface area (TPSA) is 266 Å². The number of amides is 1. The van der Waals surface area contributed by atoms with Gasteiger partial charge in [0.05, 0.1) is 40.9 Å². The first-order valence-corrected chi connectivity index (χ1v) is 28.3. The van der Waals surface area contributed by atoms with Crippen LogP contribution in [0.5, 0.6) is 11.5 Å². The molecule has 7 rings (SSSR count). The first kappa shape index (κ1) is 67.4. The predicted molar refractivity (Wildman–Crippen MR) is 309 cm³/mol. The van der Waals surface area contributed by atoms with Crippen LogP contribution in [0.1, 0.15) is 68.4 Å². The van der Waals surface area contributed by atoms with Crippen molar-refractivity contribution in [3.8, 4) is 11.5 Å². The minimum Gasteiger partial charge on any atom is -0.497 e. The molecule has 12 atom stereocenters. The number of hydrogen-bond donors (Lipinski definition) is 1. The minimum absolute atomic E-state index is 0.00193. The molecule has 0 spiro atoms. The maximum Gasteiger partial charge on any atom is 0.335 e. The van der Waals surface area contributed by atoms with E-state index in [-0.39, 0.29) is 79.0 Å². The first-order chi connectivity index (χ1) is 40.2. The number of halogens is 9. The van der Waals surface area contributed by atoms with E-state index in [1.807, 2.05) is 0 Å². The summed E-state index contributed by atoms with van der Waals surface area (Å²) in [4.78, 5) is 94.2. The van der Waals surface area contributed by atoms with Crippen LogP contribution < -0.4 is 26.5 Å². The van der Waals surface area contributed by atoms with Gasteiger partial charge in [0.2, 0.25) is 5.91 Å². The molecule has 0 aliphatic carbocycles. The Bertz CT molecular complexity index is 3410. The summed E-state index contributed by atoms with van der Waals surface area (Å²) in [6.07, 6.45) is -19.8. The number of esters is 4. The second kappa shape index (κ2) is 29.3. The normalized spacial score (nSPS) is 22.2. The van der Waals surface area contributed by atoms with Gasteiger partial charge in [0.1, 0.15) is 48.7 Å². The van der Waals surface area contributed by atoms with Gasteiger partial charge in [-0.3, -0.25) is 33.3 Å². The first-order valence-electron chi connectivity index (χ1n) is 24.9. The number of nitrogens with two attached hydrogens (primary N) is 1. The molecule has 0 bridgehead atoms. The zero-order valence-corrected chi connectivity index (χ0v) is 52.1. The molecule has 1 aromatic heterocycles. The van der Waals surface area contributed by atoms with Gasteiger partial charge in [-0.25, -0.2) is 9.36 Å². The molecular weight excluding hydrogens is 1310 g/mol. The van der Waals surface area contributed by atoms with Crippen molar-refractivity contribution < 1.29 is 80.8 Å². The second-order valence-corrected chi connectivity index (χ2v) is 22.3. The summed E-state index contributed by atoms with van der Waals surface area (Å²) in [5, 5.41) is 0.548. The third kappa shape index (κ3) is 15.6. The van der Waals surface area contributed by atoms with Gasteiger partial charge in [0, 0.05) is 94.4 Å². The van der Waals surface area contributed by atoms with E-state index >= 15 is 0 Å². The fourth-order valence-corrected chi connectivity index (χ4v) is 12.3. The molecule has 4 aromatic carbocycles. The highest BCUT2D eigenvalue weighted by molar-refractivity contribution is 6.40. The quantitative estimate of drug-likeness (QED) is 0.0499. The Kier molecular flexibility index (Phi) is 23.2. The lowest BCUT2D eigenvalue weighted by Crippen LogP contribution is -2.64. The summed E-state index contributed by atoms with van der Waals surface area (Å²) >= 11 is 59.8. The highest BCUT2D eigenvalue weighted by atomic mass is 35.5. The lowest BCUT2D eigenvalue weighted by Gasteiger charge is -2.45. The van der Waals surface area contributed by atoms with Crippen LogP contribution in [0.4, 0.5) is 0 Å². The highest BCUT2D eigenvalue weighted by Gasteiger charge is 2.58. The fraction of sp³-hybridized carbons (Fsp3) is 0.389. The summed E-state index contributed by atoms with van der Waals surface area (Å²) in [5.41, 5.74) is 4.58. The molecule has 3 heterocycles. The summed E-state index contributed by atoms with van der Waals surface area (Å²) in [7, 11) is 3.91. The Balaban J connectivity index is 1.29. The third-order valence-corrected chi connectivity index (χ3v) is 15.6. The van der Waals surface area contributed by atoms with Crippen molar-refractivity contribution in [1.29, 1.82) is 0 Å². The molecule has 0 saturated carbocycles. The zero-order chi connectivity index (χ0) is 62.5. The number of nitrogens with zero attached hydrogens (tertiary/aromatic N) is 2. The smallest absolute Gasteiger partial charge is 0.335 e. The largest absolute Gasteiger partial charge is 0.497 e. The maximum atomic E-state index is 14.7. The van der Waals surface area contributed by atoms with E-state index in [1.54, 1.807) is 0 Å². The molecular formula is C54H50Cl9N3O19. The fourth-order valence-electron chi connectivity index (χ4n) is 9.47. The van der Waals surface area contributed by atoms with E-state index in [4.69, 9.17) is 167 Å². The van der Waals surface area contributed by atoms with Crippen LogP contribution in [0.15, 0.2) is 76.4 Å². The molecule has 22 nitrogen and oxygen atoms in total. The number of rotatable bonds is 22. The Morgan fingerprint density at radius 3 is 1.54 bits per heavy atom. The highest BCUT2D eigenvalue weighted by Crippen LogP contribution is 2.46. The van der Waals surface area contributed by atoms with Crippen molar-refractivity contribution in [2.24, 2.45) is 5.73 Å². The molecule has 2 unspecified atom stereocenters. The molecule has 2 saturated heterocycles. The van der Waals surface area contributed by atoms with E-state index in [1.165, 1.54) is 68.8 Å². The molecule has 5 aromatic rings. The lowest BCUT2D eigenvalue weighted by atomic mass is 9.97. The second-order valence-electron chi connectivity index (χ2n) is 18.6. The molecule has 85 heavy (non-hydrogen) atoms. The van der Waals surface area contributed by atoms with E-state index in [2.05, 4.69) is 0 Å². The summed E-state index contributed by atoms with van der Waals surface area (Å²) in [6.45, 7) is 2.50. The van der Waals surface area contributed by atoms with Crippen LogP contribution in [0.3, 0.4) is 0 Å². The van der Waals surface area contributed by atoms with Crippen molar-refractivity contribution in [3.63, 3.8) is 0 Å². The summed E-state index contributed by atoms with van der Waals surface area (Å²) in [5.74, 6) is -4.67. The minimum atomic E-state index is -2.13. The van der Waals surface area contributed by atoms with Crippen LogP contribution in [0.2, 0.25) is 45.2 Å². The third-order valence-electron chi connectivity index (χ3n) is 13.0. The van der Waals surface area contributed by atoms with Crippen molar-refractivity contribution in [1.82, 2.24) is 9.13 Å². The predicted octanol–water partition coefficient (Wildman–Crippen LogP) is 9.71. The number of primary amides is 1. The van der Waals surface area contributed by atoms with Gasteiger partial charge in [-0.2, -0.15) is 0 Å². The van der Waals surface area contributed by atoms with Gasteiger partial charge < -0.3 is 62.6 Å². The van der Waals surface area contributed by atoms with Gasteiger partial charge in [-0.15, -0.1) is 0 Å². The van der Waals surface area contributed by atoms with E-state index in [0.717, 1.165) is 51.6 Å². The van der Waals surface area contributed by atoms with E-state index in [9.17, 15) is 33.6 Å². The Morgan fingerprint density at radius 2 is 1.05 bits per heavy atom. The van der Waals surface area contributed by atoms with Crippen LogP contribution in [-0.4, -0.2) is 122 Å². The van der Waals surface area contributed by atoms with E-state index < -0.39 is 128 Å². The number of carbonyl (C=O) groups is 5. The van der Waals surface area contributed by atoms with E-state index in [0.29, 0.717) is 4.57 Å². The molecule has 1 amide bonds. The van der Waals surface area contributed by atoms with Gasteiger partial charge >= 0.3 is 29.6 Å². The zero-order valence-electron chi connectivity index (χ0n) is 45.3. The molecule has 458 valence electrons. The van der Waals surface area contributed by atoms with Gasteiger partial charge in [0.25, 0.3) is 5.56 Å². The van der Waals surface area contributed by atoms with Crippen molar-refractivity contribution >= 4 is 134 Å². The number of ether oxygens (including phenoxy) is 12. The summed E-state index contributed by atoms with van der Waals surface area (Å²) < 4.78 is 72.7. The van der Waals surface area contributed by atoms with Gasteiger partial charge in [-0.1, -0.05) is 110 Å². The number of aromatic nitrogens is 2. The van der Waals surface area contributed by atoms with Crippen molar-refractivity contribution in [2.75, 3.05) is 27.9 Å². The van der Waals surface area contributed by atoms with Crippen molar-refractivity contribution in [2.45, 2.75) is 108 Å². The molecule has 2 N–H and O–H groups in total. The average Bonchev–Trinajstić information content (AvgIpc) is 2.75. The number of methoxy groups -OCH3 is 3. The lowest BCUT2D eigenvalue weighted by molar-refractivity contribution is -0.322. The average molecular weight is 1360 g/mol.